The molecule has 3 aromatic rings. The van der Waals surface area contributed by atoms with Gasteiger partial charge in [-0.2, -0.15) is 14.4 Å². The molecule has 0 radical (unpaired) electrons. The van der Waals surface area contributed by atoms with Gasteiger partial charge < -0.3 is 19.8 Å². The van der Waals surface area contributed by atoms with Crippen molar-refractivity contribution in [1.29, 1.82) is 0 Å². The van der Waals surface area contributed by atoms with Gasteiger partial charge in [-0.05, 0) is 30.2 Å². The minimum Gasteiger partial charge on any atom is -0.454 e. The highest BCUT2D eigenvalue weighted by Crippen LogP contribution is 2.35. The van der Waals surface area contributed by atoms with Crippen molar-refractivity contribution in [3.8, 4) is 11.5 Å². The van der Waals surface area contributed by atoms with Crippen LogP contribution in [-0.4, -0.2) is 47.5 Å². The first-order valence-corrected chi connectivity index (χ1v) is 10.6. The summed E-state index contributed by atoms with van der Waals surface area (Å²) in [5.41, 5.74) is 8.18. The predicted octanol–water partition coefficient (Wildman–Crippen LogP) is 0.725. The van der Waals surface area contributed by atoms with Crippen LogP contribution in [0.3, 0.4) is 0 Å². The molecule has 0 saturated heterocycles. The summed E-state index contributed by atoms with van der Waals surface area (Å²) in [5, 5.41) is 0. The Kier molecular flexibility index (Phi) is 4.74. The van der Waals surface area contributed by atoms with Gasteiger partial charge in [-0.3, -0.25) is 0 Å². The molecule has 0 saturated carbocycles. The lowest BCUT2D eigenvalue weighted by atomic mass is 10.0. The summed E-state index contributed by atoms with van der Waals surface area (Å²) in [4.78, 5) is 11.8. The molecule has 1 aromatic carbocycles. The monoisotopic (exact) mass is 422 g/mol. The van der Waals surface area contributed by atoms with Crippen LogP contribution in [0.5, 0.6) is 11.5 Å². The van der Waals surface area contributed by atoms with Crippen molar-refractivity contribution in [3.05, 3.63) is 35.2 Å². The number of rotatable bonds is 6. The van der Waals surface area contributed by atoms with E-state index in [-0.39, 0.29) is 36.9 Å². The van der Waals surface area contributed by atoms with Gasteiger partial charge in [0, 0.05) is 19.5 Å². The highest BCUT2D eigenvalue weighted by atomic mass is 32.2. The van der Waals surface area contributed by atoms with Gasteiger partial charge in [-0.15, -0.1) is 0 Å². The quantitative estimate of drug-likeness (QED) is 0.555. The Bertz CT molecular complexity index is 1210. The number of anilines is 1. The van der Waals surface area contributed by atoms with Gasteiger partial charge in [-0.25, -0.2) is 18.1 Å². The summed E-state index contributed by atoms with van der Waals surface area (Å²) in [5.74, 6) is 1.78. The van der Waals surface area contributed by atoms with Crippen molar-refractivity contribution >= 4 is 27.0 Å². The normalized spacial score (nSPS) is 13.3. The number of nitrogen functional groups attached to an aromatic ring is 1. The Morgan fingerprint density at radius 3 is 2.69 bits per heavy atom. The molecule has 154 valence electrons. The number of fused-ring (bicyclic) bond motifs is 2. The number of nitrogens with one attached hydrogen (secondary N) is 1. The van der Waals surface area contributed by atoms with Gasteiger partial charge in [0.1, 0.15) is 5.82 Å². The van der Waals surface area contributed by atoms with Gasteiger partial charge in [0.25, 0.3) is 0 Å². The van der Waals surface area contributed by atoms with E-state index < -0.39 is 16.1 Å². The van der Waals surface area contributed by atoms with Crippen LogP contribution in [0.4, 0.5) is 10.2 Å². The topological polar surface area (TPSA) is 134 Å². The Balaban J connectivity index is 1.75. The number of imidazole rings is 1. The van der Waals surface area contributed by atoms with Crippen LogP contribution in [-0.2, 0) is 23.0 Å². The SMILES string of the molecule is Cc1cc2c(cc1Cc1nc3c(N)nc(F)nc3n1CCNS(C)(=O)=O)OCO2. The van der Waals surface area contributed by atoms with Gasteiger partial charge >= 0.3 is 6.08 Å². The number of nitrogens with zero attached hydrogens (tertiary/aromatic N) is 4. The van der Waals surface area contributed by atoms with Crippen molar-refractivity contribution in [2.45, 2.75) is 19.9 Å². The number of aryl methyl sites for hydroxylation is 1. The van der Waals surface area contributed by atoms with E-state index in [9.17, 15) is 12.8 Å². The molecule has 12 heteroatoms. The summed E-state index contributed by atoms with van der Waals surface area (Å²) < 4.78 is 51.4. The van der Waals surface area contributed by atoms with Crippen molar-refractivity contribution < 1.29 is 22.3 Å². The number of hydrogen-bond donors (Lipinski definition) is 2. The maximum atomic E-state index is 13.8. The lowest BCUT2D eigenvalue weighted by Gasteiger charge is -2.11. The highest BCUT2D eigenvalue weighted by Gasteiger charge is 2.20. The molecule has 1 aliphatic heterocycles. The molecule has 0 bridgehead atoms. The van der Waals surface area contributed by atoms with Crippen LogP contribution in [0.2, 0.25) is 0 Å². The van der Waals surface area contributed by atoms with E-state index in [0.717, 1.165) is 17.4 Å². The Morgan fingerprint density at radius 2 is 1.97 bits per heavy atom. The zero-order chi connectivity index (χ0) is 20.8. The summed E-state index contributed by atoms with van der Waals surface area (Å²) in [7, 11) is -3.38. The first kappa shape index (κ1) is 19.3. The average molecular weight is 422 g/mol. The molecule has 0 amide bonds. The van der Waals surface area contributed by atoms with Crippen molar-refractivity contribution in [1.82, 2.24) is 24.2 Å². The Hall–Kier alpha value is -2.99. The molecule has 3 heterocycles. The molecule has 0 spiro atoms. The largest absolute Gasteiger partial charge is 0.454 e. The summed E-state index contributed by atoms with van der Waals surface area (Å²) in [6.45, 7) is 2.38. The molecule has 0 fully saturated rings. The molecular weight excluding hydrogens is 403 g/mol. The zero-order valence-corrected chi connectivity index (χ0v) is 16.6. The van der Waals surface area contributed by atoms with Crippen LogP contribution < -0.4 is 19.9 Å². The van der Waals surface area contributed by atoms with Crippen LogP contribution in [0, 0.1) is 13.0 Å². The minimum atomic E-state index is -3.38. The number of halogens is 1. The average Bonchev–Trinajstić information content (AvgIpc) is 3.19. The molecule has 0 unspecified atom stereocenters. The van der Waals surface area contributed by atoms with E-state index in [1.165, 1.54) is 0 Å². The highest BCUT2D eigenvalue weighted by molar-refractivity contribution is 7.88. The first-order valence-electron chi connectivity index (χ1n) is 8.73. The van der Waals surface area contributed by atoms with Crippen LogP contribution in [0.15, 0.2) is 12.1 Å². The molecule has 4 rings (SSSR count). The maximum absolute atomic E-state index is 13.8. The third-order valence-corrected chi connectivity index (χ3v) is 5.28. The molecule has 3 N–H and O–H groups in total. The molecule has 1 aliphatic rings. The minimum absolute atomic E-state index is 0.0778. The van der Waals surface area contributed by atoms with E-state index in [4.69, 9.17) is 15.2 Å². The Labute approximate surface area is 165 Å². The molecule has 0 atom stereocenters. The van der Waals surface area contributed by atoms with Crippen LogP contribution in [0.1, 0.15) is 17.0 Å². The van der Waals surface area contributed by atoms with Crippen molar-refractivity contribution in [2.24, 2.45) is 0 Å². The lowest BCUT2D eigenvalue weighted by Crippen LogP contribution is -2.26. The lowest BCUT2D eigenvalue weighted by molar-refractivity contribution is 0.174. The standard InChI is InChI=1S/C17H19FN6O4S/c1-9-5-11-12(28-8-27-11)6-10(9)7-13-21-14-15(19)22-17(18)23-16(14)24(13)4-3-20-29(2,25)26/h5-6,20H,3-4,7-8H2,1-2H3,(H2,19,22,23). The van der Waals surface area contributed by atoms with E-state index in [0.29, 0.717) is 23.7 Å². The van der Waals surface area contributed by atoms with Gasteiger partial charge in [0.2, 0.25) is 16.8 Å². The van der Waals surface area contributed by atoms with Crippen LogP contribution in [0.25, 0.3) is 11.2 Å². The third kappa shape index (κ3) is 3.93. The number of hydrogen-bond acceptors (Lipinski definition) is 8. The summed E-state index contributed by atoms with van der Waals surface area (Å²) >= 11 is 0. The van der Waals surface area contributed by atoms with Gasteiger partial charge in [-0.1, -0.05) is 0 Å². The number of benzene rings is 1. The smallest absolute Gasteiger partial charge is 0.312 e. The maximum Gasteiger partial charge on any atom is 0.312 e. The fourth-order valence-corrected chi connectivity index (χ4v) is 3.66. The molecule has 10 nitrogen and oxygen atoms in total. The fourth-order valence-electron chi connectivity index (χ4n) is 3.20. The summed E-state index contributed by atoms with van der Waals surface area (Å²) in [6, 6.07) is 3.75. The van der Waals surface area contributed by atoms with Gasteiger partial charge in [0.15, 0.2) is 28.5 Å². The van der Waals surface area contributed by atoms with E-state index in [1.807, 2.05) is 19.1 Å². The zero-order valence-electron chi connectivity index (χ0n) is 15.8. The number of aromatic nitrogens is 4. The fraction of sp³-hybridized carbons (Fsp3) is 0.353. The molecular formula is C17H19FN6O4S. The predicted molar refractivity (Wildman–Crippen MR) is 103 cm³/mol. The summed E-state index contributed by atoms with van der Waals surface area (Å²) in [6.07, 6.45) is 0.465. The van der Waals surface area contributed by atoms with E-state index in [2.05, 4.69) is 19.7 Å². The second kappa shape index (κ2) is 7.12. The second-order valence-electron chi connectivity index (χ2n) is 6.70. The van der Waals surface area contributed by atoms with Gasteiger partial charge in [0.05, 0.1) is 6.26 Å². The molecule has 2 aromatic heterocycles. The van der Waals surface area contributed by atoms with Crippen LogP contribution >= 0.6 is 0 Å². The molecule has 29 heavy (non-hydrogen) atoms. The number of sulfonamides is 1. The van der Waals surface area contributed by atoms with E-state index in [1.54, 1.807) is 4.57 Å². The van der Waals surface area contributed by atoms with Crippen molar-refractivity contribution in [2.75, 3.05) is 25.3 Å². The van der Waals surface area contributed by atoms with E-state index >= 15 is 0 Å². The molecule has 0 aliphatic carbocycles. The first-order chi connectivity index (χ1) is 13.7. The number of nitrogens with two attached hydrogens (primary N) is 1. The number of ether oxygens (including phenoxy) is 2. The van der Waals surface area contributed by atoms with Crippen molar-refractivity contribution in [3.63, 3.8) is 0 Å². The third-order valence-electron chi connectivity index (χ3n) is 4.55. The second-order valence-corrected chi connectivity index (χ2v) is 8.54. The Morgan fingerprint density at radius 1 is 1.24 bits per heavy atom.